The molecule has 3 aromatic carbocycles. The molecule has 3 aromatic rings. The molecule has 2 N–H and O–H groups in total. The van der Waals surface area contributed by atoms with E-state index in [9.17, 15) is 22.0 Å². The molecule has 0 aliphatic rings. The molecule has 8 heteroatoms. The van der Waals surface area contributed by atoms with Gasteiger partial charge in [-0.1, -0.05) is 30.3 Å². The van der Waals surface area contributed by atoms with E-state index in [1.165, 1.54) is 18.2 Å². The third kappa shape index (κ3) is 4.97. The number of aryl methyl sites for hydroxylation is 2. The van der Waals surface area contributed by atoms with Gasteiger partial charge in [0.1, 0.15) is 11.6 Å². The highest BCUT2D eigenvalue weighted by molar-refractivity contribution is 7.92. The van der Waals surface area contributed by atoms with Crippen LogP contribution in [-0.2, 0) is 22.9 Å². The van der Waals surface area contributed by atoms with Crippen molar-refractivity contribution in [2.75, 3.05) is 4.72 Å². The molecule has 0 saturated heterocycles. The summed E-state index contributed by atoms with van der Waals surface area (Å²) in [5.74, 6) is -3.33. The highest BCUT2D eigenvalue weighted by Crippen LogP contribution is 2.22. The van der Waals surface area contributed by atoms with Gasteiger partial charge < -0.3 is 5.11 Å². The van der Waals surface area contributed by atoms with Gasteiger partial charge in [0.15, 0.2) is 4.90 Å². The number of carboxylic acids is 1. The van der Waals surface area contributed by atoms with E-state index in [1.807, 2.05) is 6.07 Å². The van der Waals surface area contributed by atoms with Gasteiger partial charge in [0.2, 0.25) is 0 Å². The normalized spacial score (nSPS) is 11.2. The van der Waals surface area contributed by atoms with Crippen LogP contribution < -0.4 is 4.72 Å². The van der Waals surface area contributed by atoms with Crippen LogP contribution in [0.25, 0.3) is 0 Å². The van der Waals surface area contributed by atoms with Gasteiger partial charge in [-0.2, -0.15) is 0 Å². The number of carbonyl (C=O) groups is 1. The largest absolute Gasteiger partial charge is 0.478 e. The van der Waals surface area contributed by atoms with E-state index in [-0.39, 0.29) is 11.3 Å². The summed E-state index contributed by atoms with van der Waals surface area (Å²) < 4.78 is 54.3. The Balaban J connectivity index is 1.69. The smallest absolute Gasteiger partial charge is 0.335 e. The van der Waals surface area contributed by atoms with Gasteiger partial charge >= 0.3 is 5.97 Å². The Bertz CT molecular complexity index is 1130. The highest BCUT2D eigenvalue weighted by Gasteiger charge is 2.23. The molecule has 0 aliphatic carbocycles. The van der Waals surface area contributed by atoms with E-state index >= 15 is 0 Å². The second kappa shape index (κ2) is 8.40. The maximum absolute atomic E-state index is 13.8. The molecule has 0 aliphatic heterocycles. The Morgan fingerprint density at radius 1 is 0.862 bits per heavy atom. The Hall–Kier alpha value is -3.26. The number of sulfonamides is 1. The molecule has 0 bridgehead atoms. The van der Waals surface area contributed by atoms with Gasteiger partial charge in [-0.15, -0.1) is 0 Å². The molecule has 3 rings (SSSR count). The van der Waals surface area contributed by atoms with Crippen LogP contribution in [0.15, 0.2) is 71.6 Å². The second-order valence-corrected chi connectivity index (χ2v) is 7.98. The molecule has 5 nitrogen and oxygen atoms in total. The summed E-state index contributed by atoms with van der Waals surface area (Å²) in [5, 5.41) is 9.03. The molecular weight excluding hydrogens is 400 g/mol. The fraction of sp³-hybridized carbons (Fsp3) is 0.0952. The summed E-state index contributed by atoms with van der Waals surface area (Å²) in [5.41, 5.74) is 2.15. The van der Waals surface area contributed by atoms with Crippen molar-refractivity contribution in [2.24, 2.45) is 0 Å². The lowest BCUT2D eigenvalue weighted by atomic mass is 10.0. The minimum Gasteiger partial charge on any atom is -0.478 e. The molecule has 0 unspecified atom stereocenters. The molecule has 0 heterocycles. The van der Waals surface area contributed by atoms with Crippen molar-refractivity contribution in [3.05, 3.63) is 95.1 Å². The fourth-order valence-corrected chi connectivity index (χ4v) is 4.03. The first-order valence-electron chi connectivity index (χ1n) is 8.64. The Morgan fingerprint density at radius 3 is 2.07 bits per heavy atom. The first-order chi connectivity index (χ1) is 13.8. The molecule has 0 aromatic heterocycles. The van der Waals surface area contributed by atoms with Crippen molar-refractivity contribution in [3.8, 4) is 0 Å². The van der Waals surface area contributed by atoms with Crippen LogP contribution >= 0.6 is 0 Å². The predicted octanol–water partition coefficient (Wildman–Crippen LogP) is 4.25. The van der Waals surface area contributed by atoms with E-state index in [2.05, 4.69) is 4.72 Å². The lowest BCUT2D eigenvalue weighted by molar-refractivity contribution is 0.0696. The number of anilines is 1. The number of hydrogen-bond acceptors (Lipinski definition) is 3. The van der Waals surface area contributed by atoms with Crippen molar-refractivity contribution in [1.29, 1.82) is 0 Å². The third-order valence-electron chi connectivity index (χ3n) is 4.27. The topological polar surface area (TPSA) is 83.5 Å². The molecule has 150 valence electrons. The van der Waals surface area contributed by atoms with Crippen molar-refractivity contribution in [2.45, 2.75) is 17.7 Å². The maximum Gasteiger partial charge on any atom is 0.335 e. The van der Waals surface area contributed by atoms with Crippen molar-refractivity contribution in [1.82, 2.24) is 0 Å². The van der Waals surface area contributed by atoms with Crippen LogP contribution in [-0.4, -0.2) is 19.5 Å². The van der Waals surface area contributed by atoms with Gasteiger partial charge in [0.05, 0.1) is 5.56 Å². The minimum absolute atomic E-state index is 0.171. The standard InChI is InChI=1S/C21H17F2NO4S/c22-18-5-2-6-19(23)20(18)29(27,28)24-17-11-9-14(10-12-17)7-8-15-3-1-4-16(13-15)21(25)26/h1-6,9-13,24H,7-8H2,(H,25,26). The maximum atomic E-state index is 13.8. The molecule has 29 heavy (non-hydrogen) atoms. The average Bonchev–Trinajstić information content (AvgIpc) is 2.67. The van der Waals surface area contributed by atoms with Gasteiger partial charge in [-0.3, -0.25) is 4.72 Å². The van der Waals surface area contributed by atoms with E-state index in [4.69, 9.17) is 5.11 Å². The molecular formula is C21H17F2NO4S. The van der Waals surface area contributed by atoms with E-state index < -0.39 is 32.5 Å². The summed E-state index contributed by atoms with van der Waals surface area (Å²) in [6, 6.07) is 15.9. The van der Waals surface area contributed by atoms with Crippen LogP contribution in [0, 0.1) is 11.6 Å². The van der Waals surface area contributed by atoms with E-state index in [0.29, 0.717) is 12.8 Å². The third-order valence-corrected chi connectivity index (χ3v) is 5.70. The summed E-state index contributed by atoms with van der Waals surface area (Å²) in [6.45, 7) is 0. The zero-order valence-electron chi connectivity index (χ0n) is 15.1. The van der Waals surface area contributed by atoms with Crippen molar-refractivity contribution in [3.63, 3.8) is 0 Å². The lowest BCUT2D eigenvalue weighted by Crippen LogP contribution is -2.16. The second-order valence-electron chi connectivity index (χ2n) is 6.36. The number of carboxylic acid groups (broad SMARTS) is 1. The predicted molar refractivity (Wildman–Crippen MR) is 104 cm³/mol. The highest BCUT2D eigenvalue weighted by atomic mass is 32.2. The Kier molecular flexibility index (Phi) is 5.93. The van der Waals surface area contributed by atoms with Crippen LogP contribution in [0.3, 0.4) is 0 Å². The van der Waals surface area contributed by atoms with Crippen LogP contribution in [0.1, 0.15) is 21.5 Å². The fourth-order valence-electron chi connectivity index (χ4n) is 2.83. The van der Waals surface area contributed by atoms with E-state index in [0.717, 1.165) is 29.3 Å². The Morgan fingerprint density at radius 2 is 1.45 bits per heavy atom. The van der Waals surface area contributed by atoms with Crippen LogP contribution in [0.2, 0.25) is 0 Å². The average molecular weight is 417 g/mol. The summed E-state index contributed by atoms with van der Waals surface area (Å²) >= 11 is 0. The monoisotopic (exact) mass is 417 g/mol. The van der Waals surface area contributed by atoms with Crippen molar-refractivity contribution >= 4 is 21.7 Å². The van der Waals surface area contributed by atoms with Gasteiger partial charge in [-0.25, -0.2) is 22.0 Å². The number of halogens is 2. The number of benzene rings is 3. The SMILES string of the molecule is O=C(O)c1cccc(CCc2ccc(NS(=O)(=O)c3c(F)cccc3F)cc2)c1. The number of aromatic carboxylic acids is 1. The molecule has 0 saturated carbocycles. The first-order valence-corrected chi connectivity index (χ1v) is 10.1. The lowest BCUT2D eigenvalue weighted by Gasteiger charge is -2.10. The quantitative estimate of drug-likeness (QED) is 0.602. The summed E-state index contributed by atoms with van der Waals surface area (Å²) in [6.07, 6.45) is 1.21. The number of nitrogens with one attached hydrogen (secondary N) is 1. The number of hydrogen-bond donors (Lipinski definition) is 2. The molecule has 0 amide bonds. The zero-order chi connectivity index (χ0) is 21.0. The molecule has 0 atom stereocenters. The Labute approximate surface area is 166 Å². The van der Waals surface area contributed by atoms with Crippen LogP contribution in [0.4, 0.5) is 14.5 Å². The van der Waals surface area contributed by atoms with Crippen LogP contribution in [0.5, 0.6) is 0 Å². The zero-order valence-corrected chi connectivity index (χ0v) is 15.9. The van der Waals surface area contributed by atoms with Crippen molar-refractivity contribution < 1.29 is 27.1 Å². The summed E-state index contributed by atoms with van der Waals surface area (Å²) in [7, 11) is -4.41. The molecule has 0 radical (unpaired) electrons. The van der Waals surface area contributed by atoms with Gasteiger partial charge in [0, 0.05) is 5.69 Å². The molecule has 0 fully saturated rings. The number of rotatable bonds is 7. The van der Waals surface area contributed by atoms with E-state index in [1.54, 1.807) is 24.3 Å². The minimum atomic E-state index is -4.41. The first kappa shape index (κ1) is 20.5. The summed E-state index contributed by atoms with van der Waals surface area (Å²) in [4.78, 5) is 9.99. The van der Waals surface area contributed by atoms with Gasteiger partial charge in [0.25, 0.3) is 10.0 Å². The molecule has 0 spiro atoms. The van der Waals surface area contributed by atoms with Gasteiger partial charge in [-0.05, 0) is 60.4 Å².